The number of phenolic OH excluding ortho intramolecular Hbond substituents is 1. The quantitative estimate of drug-likeness (QED) is 0.776. The second-order valence-corrected chi connectivity index (χ2v) is 6.96. The van der Waals surface area contributed by atoms with Gasteiger partial charge in [0, 0.05) is 29.8 Å². The van der Waals surface area contributed by atoms with Gasteiger partial charge in [-0.1, -0.05) is 24.6 Å². The molecular formula is C18H21ClN2O3S. The molecule has 2 aliphatic rings. The number of hydrogen-bond donors (Lipinski definition) is 2. The van der Waals surface area contributed by atoms with Crippen LogP contribution in [0, 0.1) is 0 Å². The van der Waals surface area contributed by atoms with Crippen LogP contribution >= 0.6 is 23.8 Å². The molecule has 3 rings (SSSR count). The van der Waals surface area contributed by atoms with Crippen molar-refractivity contribution in [1.82, 2.24) is 10.2 Å². The Labute approximate surface area is 157 Å². The van der Waals surface area contributed by atoms with Gasteiger partial charge in [0.15, 0.2) is 22.4 Å². The smallest absolute Gasteiger partial charge is 0.177 e. The van der Waals surface area contributed by atoms with Crippen molar-refractivity contribution in [2.45, 2.75) is 38.6 Å². The van der Waals surface area contributed by atoms with Crippen LogP contribution in [0.15, 0.2) is 23.4 Å². The normalized spacial score (nSPS) is 20.4. The summed E-state index contributed by atoms with van der Waals surface area (Å²) >= 11 is 11.9. The predicted molar refractivity (Wildman–Crippen MR) is 101 cm³/mol. The Kier molecular flexibility index (Phi) is 5.20. The van der Waals surface area contributed by atoms with Crippen LogP contribution in [0.3, 0.4) is 0 Å². The summed E-state index contributed by atoms with van der Waals surface area (Å²) in [6.07, 6.45) is 3.10. The van der Waals surface area contributed by atoms with Gasteiger partial charge in [-0.25, -0.2) is 0 Å². The van der Waals surface area contributed by atoms with E-state index in [9.17, 15) is 9.90 Å². The van der Waals surface area contributed by atoms with E-state index in [4.69, 9.17) is 28.6 Å². The monoisotopic (exact) mass is 380 g/mol. The van der Waals surface area contributed by atoms with Crippen molar-refractivity contribution in [2.24, 2.45) is 0 Å². The summed E-state index contributed by atoms with van der Waals surface area (Å²) < 4.78 is 5.10. The molecule has 0 amide bonds. The third-order valence-corrected chi connectivity index (χ3v) is 5.38. The highest BCUT2D eigenvalue weighted by Crippen LogP contribution is 2.44. The van der Waals surface area contributed by atoms with E-state index in [1.54, 1.807) is 12.1 Å². The lowest BCUT2D eigenvalue weighted by Gasteiger charge is -2.41. The highest BCUT2D eigenvalue weighted by molar-refractivity contribution is 7.80. The van der Waals surface area contributed by atoms with E-state index in [-0.39, 0.29) is 16.6 Å². The molecule has 0 saturated heterocycles. The fourth-order valence-electron chi connectivity index (χ4n) is 3.49. The number of Topliss-reactive ketones (excluding diaryl/α,β-unsaturated/α-hetero) is 1. The number of ketones is 1. The molecule has 1 heterocycles. The molecule has 1 aliphatic carbocycles. The van der Waals surface area contributed by atoms with Crippen LogP contribution in [0.5, 0.6) is 11.5 Å². The second kappa shape index (κ2) is 7.22. The van der Waals surface area contributed by atoms with E-state index in [1.807, 2.05) is 4.90 Å². The van der Waals surface area contributed by atoms with Gasteiger partial charge in [0.2, 0.25) is 0 Å². The van der Waals surface area contributed by atoms with E-state index in [0.29, 0.717) is 28.4 Å². The molecule has 1 unspecified atom stereocenters. The largest absolute Gasteiger partial charge is 0.503 e. The molecule has 0 saturated carbocycles. The molecule has 2 N–H and O–H groups in total. The number of methoxy groups -OCH3 is 1. The molecular weight excluding hydrogens is 360 g/mol. The number of thiocarbonyl (C=S) groups is 1. The first kappa shape index (κ1) is 18.0. The predicted octanol–water partition coefficient (Wildman–Crippen LogP) is 3.70. The standard InChI is InChI=1S/C18H21ClN2O3S/c1-3-9-21-11-5-4-6-12(22)14(11)16(20-18(21)25)10-7-8-13(24-2)17(23)15(10)19/h7-8,16,23H,3-6,9H2,1-2H3,(H,20,25). The van der Waals surface area contributed by atoms with Crippen LogP contribution in [0.4, 0.5) is 0 Å². The summed E-state index contributed by atoms with van der Waals surface area (Å²) in [6.45, 7) is 2.85. The van der Waals surface area contributed by atoms with Crippen molar-refractivity contribution in [1.29, 1.82) is 0 Å². The van der Waals surface area contributed by atoms with Crippen molar-refractivity contribution in [3.8, 4) is 11.5 Å². The van der Waals surface area contributed by atoms with Crippen molar-refractivity contribution in [3.63, 3.8) is 0 Å². The van der Waals surface area contributed by atoms with Gasteiger partial charge in [-0.2, -0.15) is 0 Å². The molecule has 5 nitrogen and oxygen atoms in total. The van der Waals surface area contributed by atoms with E-state index in [1.165, 1.54) is 7.11 Å². The molecule has 0 bridgehead atoms. The first-order valence-corrected chi connectivity index (χ1v) is 9.17. The SMILES string of the molecule is CCCN1C(=S)NC(c2ccc(OC)c(O)c2Cl)C2=C1CCCC2=O. The van der Waals surface area contributed by atoms with Crippen molar-refractivity contribution in [3.05, 3.63) is 34.0 Å². The number of halogens is 1. The number of aromatic hydroxyl groups is 1. The number of nitrogens with zero attached hydrogens (tertiary/aromatic N) is 1. The third kappa shape index (κ3) is 3.09. The number of benzene rings is 1. The van der Waals surface area contributed by atoms with Gasteiger partial charge in [0.05, 0.1) is 18.2 Å². The van der Waals surface area contributed by atoms with Crippen molar-refractivity contribution in [2.75, 3.05) is 13.7 Å². The van der Waals surface area contributed by atoms with Gasteiger partial charge < -0.3 is 20.1 Å². The average Bonchev–Trinajstić information content (AvgIpc) is 2.60. The highest BCUT2D eigenvalue weighted by Gasteiger charge is 2.38. The van der Waals surface area contributed by atoms with Gasteiger partial charge in [-0.3, -0.25) is 4.79 Å². The molecule has 25 heavy (non-hydrogen) atoms. The maximum Gasteiger partial charge on any atom is 0.177 e. The Morgan fingerprint density at radius 3 is 2.88 bits per heavy atom. The van der Waals surface area contributed by atoms with Crippen LogP contribution in [-0.4, -0.2) is 34.6 Å². The molecule has 0 spiro atoms. The van der Waals surface area contributed by atoms with Gasteiger partial charge in [0.25, 0.3) is 0 Å². The molecule has 0 aromatic heterocycles. The van der Waals surface area contributed by atoms with Gasteiger partial charge >= 0.3 is 0 Å². The average molecular weight is 381 g/mol. The summed E-state index contributed by atoms with van der Waals surface area (Å²) in [5.74, 6) is 0.272. The lowest BCUT2D eigenvalue weighted by Crippen LogP contribution is -2.49. The molecule has 0 radical (unpaired) electrons. The minimum atomic E-state index is -0.451. The van der Waals surface area contributed by atoms with E-state index in [2.05, 4.69) is 12.2 Å². The summed E-state index contributed by atoms with van der Waals surface area (Å²) in [6, 6.07) is 2.96. The molecule has 134 valence electrons. The minimum absolute atomic E-state index is 0.105. The number of carbonyl (C=O) groups is 1. The number of carbonyl (C=O) groups excluding carboxylic acids is 1. The zero-order valence-corrected chi connectivity index (χ0v) is 15.8. The van der Waals surface area contributed by atoms with Gasteiger partial charge in [-0.15, -0.1) is 0 Å². The lowest BCUT2D eigenvalue weighted by molar-refractivity contribution is -0.116. The van der Waals surface area contributed by atoms with E-state index in [0.717, 1.165) is 31.5 Å². The number of nitrogens with one attached hydrogen (secondary N) is 1. The maximum atomic E-state index is 12.7. The summed E-state index contributed by atoms with van der Waals surface area (Å²) in [7, 11) is 1.47. The van der Waals surface area contributed by atoms with Crippen molar-refractivity contribution < 1.29 is 14.6 Å². The Hall–Kier alpha value is -1.79. The van der Waals surface area contributed by atoms with Crippen LogP contribution in [-0.2, 0) is 4.79 Å². The van der Waals surface area contributed by atoms with Crippen LogP contribution in [0.25, 0.3) is 0 Å². The van der Waals surface area contributed by atoms with Gasteiger partial charge in [0.1, 0.15) is 0 Å². The fraction of sp³-hybridized carbons (Fsp3) is 0.444. The van der Waals surface area contributed by atoms with Crippen LogP contribution in [0.2, 0.25) is 5.02 Å². The first-order chi connectivity index (χ1) is 12.0. The fourth-order valence-corrected chi connectivity index (χ4v) is 4.08. The first-order valence-electron chi connectivity index (χ1n) is 8.39. The Morgan fingerprint density at radius 1 is 1.44 bits per heavy atom. The minimum Gasteiger partial charge on any atom is -0.503 e. The number of ether oxygens (including phenoxy) is 1. The Balaban J connectivity index is 2.13. The van der Waals surface area contributed by atoms with Crippen LogP contribution < -0.4 is 10.1 Å². The molecule has 1 aromatic rings. The second-order valence-electron chi connectivity index (χ2n) is 6.19. The Morgan fingerprint density at radius 2 is 2.20 bits per heavy atom. The topological polar surface area (TPSA) is 61.8 Å². The van der Waals surface area contributed by atoms with Crippen molar-refractivity contribution >= 4 is 34.7 Å². The zero-order valence-electron chi connectivity index (χ0n) is 14.3. The van der Waals surface area contributed by atoms with Crippen LogP contribution in [0.1, 0.15) is 44.2 Å². The number of allylic oxidation sites excluding steroid dienone is 1. The Bertz CT molecular complexity index is 763. The molecule has 0 fully saturated rings. The number of rotatable bonds is 4. The molecule has 1 atom stereocenters. The van der Waals surface area contributed by atoms with E-state index < -0.39 is 6.04 Å². The number of phenols is 1. The van der Waals surface area contributed by atoms with E-state index >= 15 is 0 Å². The lowest BCUT2D eigenvalue weighted by atomic mass is 9.84. The number of hydrogen-bond acceptors (Lipinski definition) is 4. The highest BCUT2D eigenvalue weighted by atomic mass is 35.5. The maximum absolute atomic E-state index is 12.7. The molecule has 1 aromatic carbocycles. The summed E-state index contributed by atoms with van der Waals surface area (Å²) in [5, 5.41) is 14.3. The molecule has 1 aliphatic heterocycles. The summed E-state index contributed by atoms with van der Waals surface area (Å²) in [4.78, 5) is 14.7. The third-order valence-electron chi connectivity index (χ3n) is 4.64. The zero-order chi connectivity index (χ0) is 18.1. The van der Waals surface area contributed by atoms with Gasteiger partial charge in [-0.05, 0) is 37.5 Å². The summed E-state index contributed by atoms with van der Waals surface area (Å²) in [5.41, 5.74) is 2.32. The molecule has 7 heteroatoms.